The molecule has 0 atom stereocenters. The minimum Gasteiger partial charge on any atom is -0.457 e. The Kier molecular flexibility index (Phi) is 8.24. The molecule has 72 heavy (non-hydrogen) atoms. The van der Waals surface area contributed by atoms with Gasteiger partial charge in [-0.1, -0.05) is 194 Å². The molecule has 336 valence electrons. The summed E-state index contributed by atoms with van der Waals surface area (Å²) in [5.41, 5.74) is 20.7. The van der Waals surface area contributed by atoms with Crippen molar-refractivity contribution in [1.29, 1.82) is 0 Å². The molecule has 16 rings (SSSR count). The first-order valence-electron chi connectivity index (χ1n) is 24.8. The van der Waals surface area contributed by atoms with Crippen molar-refractivity contribution >= 4 is 50.6 Å². The molecule has 1 aromatic heterocycles. The lowest BCUT2D eigenvalue weighted by Crippen LogP contribution is -2.32. The van der Waals surface area contributed by atoms with Gasteiger partial charge in [0.2, 0.25) is 0 Å². The maximum atomic E-state index is 6.72. The summed E-state index contributed by atoms with van der Waals surface area (Å²) in [6.45, 7) is 0. The highest BCUT2D eigenvalue weighted by Crippen LogP contribution is 2.66. The van der Waals surface area contributed by atoms with Crippen molar-refractivity contribution < 1.29 is 4.74 Å². The average molecular weight is 935 g/mol. The highest BCUT2D eigenvalue weighted by atomic mass is 32.2. The van der Waals surface area contributed by atoms with Crippen molar-refractivity contribution in [1.82, 2.24) is 4.57 Å². The lowest BCUT2D eigenvalue weighted by Gasteiger charge is -2.40. The lowest BCUT2D eigenvalue weighted by molar-refractivity contribution is 0.436. The van der Waals surface area contributed by atoms with Crippen molar-refractivity contribution in [3.05, 3.63) is 299 Å². The number of rotatable bonds is 4. The number of benzene rings is 11. The largest absolute Gasteiger partial charge is 0.457 e. The van der Waals surface area contributed by atoms with Gasteiger partial charge in [-0.25, -0.2) is 0 Å². The van der Waals surface area contributed by atoms with Crippen molar-refractivity contribution in [3.8, 4) is 39.4 Å². The zero-order valence-electron chi connectivity index (χ0n) is 39.0. The second-order valence-electron chi connectivity index (χ2n) is 19.4. The monoisotopic (exact) mass is 934 g/mol. The summed E-state index contributed by atoms with van der Waals surface area (Å²) >= 11 is 1.88. The summed E-state index contributed by atoms with van der Waals surface area (Å²) in [6.07, 6.45) is 0. The van der Waals surface area contributed by atoms with Crippen LogP contribution in [0.25, 0.3) is 49.7 Å². The molecule has 4 heteroatoms. The molecule has 0 radical (unpaired) electrons. The topological polar surface area (TPSA) is 17.4 Å². The van der Waals surface area contributed by atoms with Gasteiger partial charge in [0.25, 0.3) is 0 Å². The third kappa shape index (κ3) is 5.11. The molecule has 0 N–H and O–H groups in total. The van der Waals surface area contributed by atoms with Crippen LogP contribution in [0.1, 0.15) is 44.5 Å². The van der Waals surface area contributed by atoms with E-state index in [0.29, 0.717) is 0 Å². The quantitative estimate of drug-likeness (QED) is 0.175. The smallest absolute Gasteiger partial charge is 0.132 e. The first-order chi connectivity index (χ1) is 35.7. The first kappa shape index (κ1) is 40.0. The second-order valence-corrected chi connectivity index (χ2v) is 20.5. The number of aromatic nitrogens is 1. The van der Waals surface area contributed by atoms with Gasteiger partial charge in [0, 0.05) is 54.3 Å². The fourth-order valence-corrected chi connectivity index (χ4v) is 14.6. The zero-order valence-corrected chi connectivity index (χ0v) is 39.8. The van der Waals surface area contributed by atoms with Gasteiger partial charge in [-0.15, -0.1) is 0 Å². The van der Waals surface area contributed by atoms with E-state index in [2.05, 4.69) is 264 Å². The molecule has 2 spiro atoms. The van der Waals surface area contributed by atoms with Gasteiger partial charge in [-0.05, 0) is 123 Å². The zero-order chi connectivity index (χ0) is 47.1. The number of anilines is 3. The maximum Gasteiger partial charge on any atom is 0.132 e. The molecule has 0 saturated carbocycles. The predicted octanol–water partition coefficient (Wildman–Crippen LogP) is 17.5. The Morgan fingerprint density at radius 1 is 0.347 bits per heavy atom. The van der Waals surface area contributed by atoms with E-state index in [9.17, 15) is 0 Å². The molecule has 4 aliphatic rings. The molecule has 3 heterocycles. The molecule has 2 aliphatic carbocycles. The normalized spacial score (nSPS) is 14.4. The van der Waals surface area contributed by atoms with Gasteiger partial charge in [0.1, 0.15) is 11.5 Å². The molecule has 0 saturated heterocycles. The van der Waals surface area contributed by atoms with Crippen LogP contribution in [-0.2, 0) is 10.8 Å². The number of fused-ring (bicyclic) bond motifs is 21. The Hall–Kier alpha value is -8.83. The number of ether oxygens (including phenoxy) is 1. The SMILES string of the molecule is c1ccc(-n2c3ccccc3c3ccc(N(c4ccc5c(c4)-c4ccccc4C54c5ccccc5Oc5ccccc54)c4cccc5c4-c4ccccc4C54c5ccccc5Sc5ccccc54)cc32)cc1. The first-order valence-corrected chi connectivity index (χ1v) is 25.6. The van der Waals surface area contributed by atoms with E-state index in [1.165, 1.54) is 81.7 Å². The lowest BCUT2D eigenvalue weighted by atomic mass is 9.66. The molecule has 0 fully saturated rings. The van der Waals surface area contributed by atoms with Crippen LogP contribution in [0.5, 0.6) is 11.5 Å². The molecule has 0 bridgehead atoms. The van der Waals surface area contributed by atoms with Crippen LogP contribution < -0.4 is 9.64 Å². The predicted molar refractivity (Wildman–Crippen MR) is 294 cm³/mol. The van der Waals surface area contributed by atoms with Crippen LogP contribution >= 0.6 is 11.8 Å². The van der Waals surface area contributed by atoms with E-state index < -0.39 is 10.8 Å². The van der Waals surface area contributed by atoms with Crippen molar-refractivity contribution in [2.75, 3.05) is 4.90 Å². The Bertz CT molecular complexity index is 4170. The number of para-hydroxylation sites is 4. The molecule has 12 aromatic rings. The van der Waals surface area contributed by atoms with E-state index in [4.69, 9.17) is 4.74 Å². The number of nitrogens with zero attached hydrogens (tertiary/aromatic N) is 2. The van der Waals surface area contributed by atoms with Gasteiger partial charge >= 0.3 is 0 Å². The van der Waals surface area contributed by atoms with Gasteiger partial charge < -0.3 is 14.2 Å². The van der Waals surface area contributed by atoms with E-state index >= 15 is 0 Å². The minimum atomic E-state index is -0.574. The highest BCUT2D eigenvalue weighted by molar-refractivity contribution is 7.99. The summed E-state index contributed by atoms with van der Waals surface area (Å²) in [6, 6.07) is 94.7. The standard InChI is InChI=1S/C68H42N2OS/c1-2-19-43(20-3-1)70-59-31-13-6-22-47(59)48-39-37-45(42-61(48)70)69(44-38-40-53-50(41-44)46-21-4-7-24-51(46)67(53)54-26-9-14-33-62(54)71-63-34-15-10-27-55(63)67)60-32-18-30-58-66(60)49-23-5-8-25-52(49)68(58)56-28-11-16-35-64(56)72-65-36-17-12-29-57(65)68/h1-42H. The summed E-state index contributed by atoms with van der Waals surface area (Å²) < 4.78 is 9.15. The Morgan fingerprint density at radius 3 is 1.60 bits per heavy atom. The third-order valence-corrected chi connectivity index (χ3v) is 17.3. The van der Waals surface area contributed by atoms with Crippen LogP contribution in [0.3, 0.4) is 0 Å². The maximum absolute atomic E-state index is 6.72. The number of hydrogen-bond donors (Lipinski definition) is 0. The second kappa shape index (κ2) is 14.8. The highest BCUT2D eigenvalue weighted by Gasteiger charge is 2.53. The van der Waals surface area contributed by atoms with Crippen molar-refractivity contribution in [3.63, 3.8) is 0 Å². The summed E-state index contributed by atoms with van der Waals surface area (Å²) in [5, 5.41) is 2.45. The van der Waals surface area contributed by atoms with E-state index in [-0.39, 0.29) is 0 Å². The molecular weight excluding hydrogens is 893 g/mol. The summed E-state index contributed by atoms with van der Waals surface area (Å²) in [4.78, 5) is 5.14. The third-order valence-electron chi connectivity index (χ3n) is 16.1. The van der Waals surface area contributed by atoms with E-state index in [1.54, 1.807) is 0 Å². The van der Waals surface area contributed by atoms with Crippen LogP contribution in [0, 0.1) is 0 Å². The molecular formula is C68H42N2OS. The summed E-state index contributed by atoms with van der Waals surface area (Å²) in [5.74, 6) is 1.78. The number of hydrogen-bond acceptors (Lipinski definition) is 3. The molecule has 0 amide bonds. The van der Waals surface area contributed by atoms with Gasteiger partial charge in [0.15, 0.2) is 0 Å². The molecule has 2 aliphatic heterocycles. The van der Waals surface area contributed by atoms with Crippen molar-refractivity contribution in [2.24, 2.45) is 0 Å². The van der Waals surface area contributed by atoms with Crippen molar-refractivity contribution in [2.45, 2.75) is 20.6 Å². The van der Waals surface area contributed by atoms with Gasteiger partial charge in [-0.2, -0.15) is 0 Å². The van der Waals surface area contributed by atoms with E-state index in [0.717, 1.165) is 50.9 Å². The molecule has 3 nitrogen and oxygen atoms in total. The van der Waals surface area contributed by atoms with Gasteiger partial charge in [0.05, 0.1) is 27.6 Å². The fraction of sp³-hybridized carbons (Fsp3) is 0.0294. The van der Waals surface area contributed by atoms with Gasteiger partial charge in [-0.3, -0.25) is 0 Å². The van der Waals surface area contributed by atoms with Crippen LogP contribution in [0.15, 0.2) is 265 Å². The Morgan fingerprint density at radius 2 is 0.861 bits per heavy atom. The summed E-state index contributed by atoms with van der Waals surface area (Å²) in [7, 11) is 0. The fourth-order valence-electron chi connectivity index (χ4n) is 13.4. The Labute approximate surface area is 421 Å². The Balaban J connectivity index is 1.01. The van der Waals surface area contributed by atoms with Crippen LogP contribution in [-0.4, -0.2) is 4.57 Å². The molecule has 11 aromatic carbocycles. The molecule has 0 unspecified atom stereocenters. The minimum absolute atomic E-state index is 0.525. The van der Waals surface area contributed by atoms with Crippen LogP contribution in [0.2, 0.25) is 0 Å². The van der Waals surface area contributed by atoms with Crippen LogP contribution in [0.4, 0.5) is 17.1 Å². The average Bonchev–Trinajstić information content (AvgIpc) is 4.05. The van der Waals surface area contributed by atoms with E-state index in [1.807, 2.05) is 11.8 Å².